The van der Waals surface area contributed by atoms with Crippen LogP contribution < -0.4 is 5.73 Å². The first-order valence-corrected chi connectivity index (χ1v) is 4.32. The molecule has 2 rings (SSSR count). The van der Waals surface area contributed by atoms with Crippen LogP contribution in [0.4, 0.5) is 5.82 Å². The number of aromatic nitrogens is 6. The van der Waals surface area contributed by atoms with Crippen molar-refractivity contribution in [3.8, 4) is 0 Å². The molecule has 2 N–H and O–H groups in total. The quantitative estimate of drug-likeness (QED) is 0.711. The van der Waals surface area contributed by atoms with Gasteiger partial charge in [0.1, 0.15) is 5.69 Å². The van der Waals surface area contributed by atoms with Crippen LogP contribution in [-0.2, 0) is 13.1 Å². The fourth-order valence-electron chi connectivity index (χ4n) is 1.12. The number of hydrogen-bond acceptors (Lipinski definition) is 5. The molecule has 0 saturated carbocycles. The number of nitrogen functional groups attached to an aromatic ring is 1. The molecule has 0 amide bonds. The third-order valence-corrected chi connectivity index (χ3v) is 1.79. The van der Waals surface area contributed by atoms with Crippen LogP contribution in [0.25, 0.3) is 0 Å². The minimum absolute atomic E-state index is 0.410. The molecule has 14 heavy (non-hydrogen) atoms. The molecule has 0 saturated heterocycles. The van der Waals surface area contributed by atoms with Gasteiger partial charge in [0, 0.05) is 6.54 Å². The highest BCUT2D eigenvalue weighted by molar-refractivity contribution is 5.20. The van der Waals surface area contributed by atoms with Gasteiger partial charge < -0.3 is 5.73 Å². The first-order chi connectivity index (χ1) is 6.78. The van der Waals surface area contributed by atoms with E-state index in [1.807, 2.05) is 13.1 Å². The number of aryl methyl sites for hydroxylation is 1. The van der Waals surface area contributed by atoms with E-state index in [2.05, 4.69) is 20.6 Å². The molecule has 2 aromatic rings. The lowest BCUT2D eigenvalue weighted by Crippen LogP contribution is -2.00. The Morgan fingerprint density at radius 1 is 1.21 bits per heavy atom. The smallest absolute Gasteiger partial charge is 0.165 e. The Morgan fingerprint density at radius 3 is 2.57 bits per heavy atom. The fraction of sp³-hybridized carbons (Fsp3) is 0.429. The lowest BCUT2D eigenvalue weighted by molar-refractivity contribution is 0.623. The summed E-state index contributed by atoms with van der Waals surface area (Å²) in [6.07, 6.45) is 3.53. The lowest BCUT2D eigenvalue weighted by Gasteiger charge is -1.93. The average Bonchev–Trinajstić information content (AvgIpc) is 2.76. The number of anilines is 1. The van der Waals surface area contributed by atoms with Crippen molar-refractivity contribution in [3.63, 3.8) is 0 Å². The Bertz CT molecular complexity index is 415. The molecule has 0 aliphatic rings. The molecule has 0 fully saturated rings. The number of nitrogens with two attached hydrogens (primary N) is 1. The van der Waals surface area contributed by atoms with E-state index in [1.54, 1.807) is 15.6 Å². The van der Waals surface area contributed by atoms with E-state index in [0.29, 0.717) is 12.4 Å². The maximum absolute atomic E-state index is 5.43. The minimum Gasteiger partial charge on any atom is -0.381 e. The summed E-state index contributed by atoms with van der Waals surface area (Å²) in [5.74, 6) is 0.410. The molecule has 0 unspecified atom stereocenters. The van der Waals surface area contributed by atoms with Crippen molar-refractivity contribution in [1.29, 1.82) is 0 Å². The van der Waals surface area contributed by atoms with E-state index in [1.165, 1.54) is 0 Å². The van der Waals surface area contributed by atoms with Gasteiger partial charge in [-0.1, -0.05) is 10.4 Å². The van der Waals surface area contributed by atoms with E-state index in [-0.39, 0.29) is 0 Å². The highest BCUT2D eigenvalue weighted by Crippen LogP contribution is 1.98. The normalized spacial score (nSPS) is 10.6. The molecule has 0 radical (unpaired) electrons. The first kappa shape index (κ1) is 8.67. The zero-order valence-electron chi connectivity index (χ0n) is 7.83. The van der Waals surface area contributed by atoms with E-state index >= 15 is 0 Å². The summed E-state index contributed by atoms with van der Waals surface area (Å²) in [6, 6.07) is 0. The lowest BCUT2D eigenvalue weighted by atomic mass is 10.5. The predicted molar refractivity (Wildman–Crippen MR) is 49.2 cm³/mol. The predicted octanol–water partition coefficient (Wildman–Crippen LogP) is -0.480. The van der Waals surface area contributed by atoms with Crippen LogP contribution in [0.5, 0.6) is 0 Å². The van der Waals surface area contributed by atoms with Gasteiger partial charge in [0.2, 0.25) is 0 Å². The molecular formula is C7H11N7. The van der Waals surface area contributed by atoms with Crippen LogP contribution in [-0.4, -0.2) is 30.0 Å². The van der Waals surface area contributed by atoms with Gasteiger partial charge in [-0.2, -0.15) is 0 Å². The molecule has 74 valence electrons. The Morgan fingerprint density at radius 2 is 2.00 bits per heavy atom. The van der Waals surface area contributed by atoms with Crippen LogP contribution >= 0.6 is 0 Å². The molecule has 0 aromatic carbocycles. The molecule has 0 spiro atoms. The van der Waals surface area contributed by atoms with Crippen molar-refractivity contribution in [1.82, 2.24) is 30.0 Å². The summed E-state index contributed by atoms with van der Waals surface area (Å²) < 4.78 is 3.38. The van der Waals surface area contributed by atoms with Gasteiger partial charge in [0.05, 0.1) is 18.9 Å². The number of hydrogen-bond donors (Lipinski definition) is 1. The van der Waals surface area contributed by atoms with E-state index in [4.69, 9.17) is 5.73 Å². The first-order valence-electron chi connectivity index (χ1n) is 4.32. The second-order valence-electron chi connectivity index (χ2n) is 2.91. The van der Waals surface area contributed by atoms with Gasteiger partial charge in [-0.05, 0) is 6.92 Å². The molecule has 0 aliphatic heterocycles. The third kappa shape index (κ3) is 1.70. The summed E-state index contributed by atoms with van der Waals surface area (Å²) in [7, 11) is 0. The topological polar surface area (TPSA) is 87.4 Å². The maximum Gasteiger partial charge on any atom is 0.165 e. The summed E-state index contributed by atoms with van der Waals surface area (Å²) in [6.45, 7) is 3.36. The molecule has 0 aliphatic carbocycles. The van der Waals surface area contributed by atoms with Crippen molar-refractivity contribution in [2.75, 3.05) is 5.73 Å². The SMILES string of the molecule is CCn1cc(Cn2cc(N)nn2)nn1. The van der Waals surface area contributed by atoms with Crippen molar-refractivity contribution in [2.45, 2.75) is 20.0 Å². The van der Waals surface area contributed by atoms with Gasteiger partial charge in [-0.25, -0.2) is 4.68 Å². The third-order valence-electron chi connectivity index (χ3n) is 1.79. The summed E-state index contributed by atoms with van der Waals surface area (Å²) >= 11 is 0. The largest absolute Gasteiger partial charge is 0.381 e. The van der Waals surface area contributed by atoms with Crippen LogP contribution in [0.3, 0.4) is 0 Å². The van der Waals surface area contributed by atoms with Crippen LogP contribution in [0.15, 0.2) is 12.4 Å². The van der Waals surface area contributed by atoms with Gasteiger partial charge in [0.15, 0.2) is 5.82 Å². The summed E-state index contributed by atoms with van der Waals surface area (Å²) in [5.41, 5.74) is 6.27. The van der Waals surface area contributed by atoms with Gasteiger partial charge in [-0.3, -0.25) is 4.68 Å². The van der Waals surface area contributed by atoms with Crippen molar-refractivity contribution < 1.29 is 0 Å². The maximum atomic E-state index is 5.43. The van der Waals surface area contributed by atoms with Crippen molar-refractivity contribution >= 4 is 5.82 Å². The molecule has 7 heteroatoms. The standard InChI is InChI=1S/C7H11N7/c1-2-13-3-6(9-11-13)4-14-5-7(8)10-12-14/h3,5H,2,4,8H2,1H3. The van der Waals surface area contributed by atoms with Crippen LogP contribution in [0, 0.1) is 0 Å². The van der Waals surface area contributed by atoms with Crippen LogP contribution in [0.1, 0.15) is 12.6 Å². The number of nitrogens with zero attached hydrogens (tertiary/aromatic N) is 6. The molecule has 2 heterocycles. The molecule has 0 atom stereocenters. The summed E-state index contributed by atoms with van der Waals surface area (Å²) in [4.78, 5) is 0. The molecular weight excluding hydrogens is 182 g/mol. The highest BCUT2D eigenvalue weighted by atomic mass is 15.5. The van der Waals surface area contributed by atoms with Crippen molar-refractivity contribution in [2.24, 2.45) is 0 Å². The minimum atomic E-state index is 0.410. The molecule has 2 aromatic heterocycles. The zero-order chi connectivity index (χ0) is 9.97. The Balaban J connectivity index is 2.10. The Labute approximate surface area is 80.5 Å². The van der Waals surface area contributed by atoms with E-state index in [9.17, 15) is 0 Å². The summed E-state index contributed by atoms with van der Waals surface area (Å²) in [5, 5.41) is 15.4. The van der Waals surface area contributed by atoms with Gasteiger partial charge in [-0.15, -0.1) is 10.2 Å². The molecule has 0 bridgehead atoms. The fourth-order valence-corrected chi connectivity index (χ4v) is 1.12. The Hall–Kier alpha value is -1.92. The van der Waals surface area contributed by atoms with Gasteiger partial charge >= 0.3 is 0 Å². The van der Waals surface area contributed by atoms with E-state index < -0.39 is 0 Å². The van der Waals surface area contributed by atoms with Crippen LogP contribution in [0.2, 0.25) is 0 Å². The average molecular weight is 193 g/mol. The Kier molecular flexibility index (Phi) is 2.13. The second-order valence-corrected chi connectivity index (χ2v) is 2.91. The van der Waals surface area contributed by atoms with E-state index in [0.717, 1.165) is 12.2 Å². The van der Waals surface area contributed by atoms with Gasteiger partial charge in [0.25, 0.3) is 0 Å². The molecule has 7 nitrogen and oxygen atoms in total. The second kappa shape index (κ2) is 3.44. The van der Waals surface area contributed by atoms with Crippen molar-refractivity contribution in [3.05, 3.63) is 18.1 Å². The number of rotatable bonds is 3. The zero-order valence-corrected chi connectivity index (χ0v) is 7.83. The monoisotopic (exact) mass is 193 g/mol. The highest BCUT2D eigenvalue weighted by Gasteiger charge is 2.02.